The predicted octanol–water partition coefficient (Wildman–Crippen LogP) is 2.20. The highest BCUT2D eigenvalue weighted by molar-refractivity contribution is 5.85. The van der Waals surface area contributed by atoms with E-state index in [0.29, 0.717) is 19.8 Å². The molecule has 0 amide bonds. The molecule has 3 rings (SSSR count). The molecule has 1 aromatic rings. The van der Waals surface area contributed by atoms with E-state index in [1.165, 1.54) is 19.3 Å². The number of ether oxygens (including phenoxy) is 3. The number of hydrogen-bond acceptors (Lipinski definition) is 5. The number of likely N-dealkylation sites (tertiary alicyclic amines) is 1. The summed E-state index contributed by atoms with van der Waals surface area (Å²) in [6, 6.07) is 5.79. The summed E-state index contributed by atoms with van der Waals surface area (Å²) in [6.45, 7) is 4.03. The van der Waals surface area contributed by atoms with Crippen molar-refractivity contribution < 1.29 is 19.3 Å². The van der Waals surface area contributed by atoms with Crippen LogP contribution in [0.1, 0.15) is 24.8 Å². The van der Waals surface area contributed by atoms with Gasteiger partial charge in [-0.15, -0.1) is 12.4 Å². The summed E-state index contributed by atoms with van der Waals surface area (Å²) in [5, 5.41) is 10.0. The van der Waals surface area contributed by atoms with Crippen molar-refractivity contribution in [2.75, 3.05) is 33.0 Å². The maximum absolute atomic E-state index is 10.0. The average molecular weight is 330 g/mol. The molecule has 0 aromatic heterocycles. The Labute approximate surface area is 137 Å². The third kappa shape index (κ3) is 4.74. The van der Waals surface area contributed by atoms with Crippen LogP contribution in [-0.4, -0.2) is 49.1 Å². The van der Waals surface area contributed by atoms with E-state index in [4.69, 9.17) is 14.2 Å². The number of aliphatic hydroxyl groups is 1. The van der Waals surface area contributed by atoms with E-state index < -0.39 is 6.10 Å². The molecule has 2 aliphatic rings. The fourth-order valence-electron chi connectivity index (χ4n) is 2.84. The van der Waals surface area contributed by atoms with Gasteiger partial charge in [0, 0.05) is 6.54 Å². The molecule has 2 aliphatic heterocycles. The van der Waals surface area contributed by atoms with Crippen LogP contribution in [0.2, 0.25) is 0 Å². The molecule has 5 nitrogen and oxygen atoms in total. The van der Waals surface area contributed by atoms with Crippen LogP contribution in [0.4, 0.5) is 0 Å². The number of aliphatic hydroxyl groups excluding tert-OH is 1. The van der Waals surface area contributed by atoms with Crippen molar-refractivity contribution >= 4 is 12.4 Å². The number of piperidine rings is 1. The number of benzene rings is 1. The van der Waals surface area contributed by atoms with Gasteiger partial charge in [0.25, 0.3) is 0 Å². The van der Waals surface area contributed by atoms with Gasteiger partial charge >= 0.3 is 0 Å². The Morgan fingerprint density at radius 2 is 1.91 bits per heavy atom. The molecule has 0 aliphatic carbocycles. The van der Waals surface area contributed by atoms with E-state index >= 15 is 0 Å². The Morgan fingerprint density at radius 1 is 1.14 bits per heavy atom. The molecular formula is C16H24ClNO4. The first-order valence-corrected chi connectivity index (χ1v) is 7.68. The first kappa shape index (κ1) is 17.3. The van der Waals surface area contributed by atoms with Gasteiger partial charge in [-0.2, -0.15) is 0 Å². The largest absolute Gasteiger partial charge is 0.454 e. The van der Waals surface area contributed by atoms with Gasteiger partial charge in [0.1, 0.15) is 0 Å². The summed E-state index contributed by atoms with van der Waals surface area (Å²) in [4.78, 5) is 2.32. The molecule has 1 aromatic carbocycles. The molecule has 1 N–H and O–H groups in total. The summed E-state index contributed by atoms with van der Waals surface area (Å²) in [7, 11) is 0. The van der Waals surface area contributed by atoms with E-state index in [-0.39, 0.29) is 19.2 Å². The van der Waals surface area contributed by atoms with E-state index in [0.717, 1.165) is 30.2 Å². The Kier molecular flexibility index (Phi) is 6.76. The van der Waals surface area contributed by atoms with Crippen molar-refractivity contribution in [3.05, 3.63) is 23.8 Å². The van der Waals surface area contributed by atoms with Gasteiger partial charge in [0.15, 0.2) is 11.5 Å². The number of hydrogen-bond donors (Lipinski definition) is 1. The van der Waals surface area contributed by atoms with Crippen molar-refractivity contribution in [3.8, 4) is 11.5 Å². The first-order chi connectivity index (χ1) is 10.3. The third-order valence-electron chi connectivity index (χ3n) is 3.93. The summed E-state index contributed by atoms with van der Waals surface area (Å²) in [5.41, 5.74) is 1.03. The van der Waals surface area contributed by atoms with Gasteiger partial charge in [0.2, 0.25) is 6.79 Å². The minimum absolute atomic E-state index is 0. The van der Waals surface area contributed by atoms with Gasteiger partial charge in [-0.05, 0) is 43.6 Å². The predicted molar refractivity (Wildman–Crippen MR) is 85.8 cm³/mol. The molecule has 1 saturated heterocycles. The van der Waals surface area contributed by atoms with Gasteiger partial charge in [-0.3, -0.25) is 0 Å². The van der Waals surface area contributed by atoms with Gasteiger partial charge < -0.3 is 24.2 Å². The molecule has 0 saturated carbocycles. The molecule has 1 fully saturated rings. The number of rotatable bonds is 6. The normalized spacial score (nSPS) is 18.8. The van der Waals surface area contributed by atoms with E-state index in [1.807, 2.05) is 18.2 Å². The molecule has 2 heterocycles. The minimum Gasteiger partial charge on any atom is -0.454 e. The molecular weight excluding hydrogens is 306 g/mol. The number of β-amino-alcohol motifs (C(OH)–C–C–N with tert-alkyl or cyclic N) is 1. The average Bonchev–Trinajstić information content (AvgIpc) is 2.96. The number of fused-ring (bicyclic) bond motifs is 1. The molecule has 0 bridgehead atoms. The van der Waals surface area contributed by atoms with E-state index in [9.17, 15) is 5.11 Å². The lowest BCUT2D eigenvalue weighted by molar-refractivity contribution is 0.00710. The summed E-state index contributed by atoms with van der Waals surface area (Å²) in [6.07, 6.45) is 3.38. The van der Waals surface area contributed by atoms with Crippen LogP contribution < -0.4 is 9.47 Å². The lowest BCUT2D eigenvalue weighted by atomic mass is 10.1. The molecule has 1 atom stereocenters. The van der Waals surface area contributed by atoms with Crippen LogP contribution in [0.3, 0.4) is 0 Å². The van der Waals surface area contributed by atoms with Gasteiger partial charge in [-0.25, -0.2) is 0 Å². The SMILES string of the molecule is Cl.OC(COCc1ccc2c(c1)OCO2)CN1CCCCC1. The van der Waals surface area contributed by atoms with Crippen LogP contribution in [0.5, 0.6) is 11.5 Å². The first-order valence-electron chi connectivity index (χ1n) is 7.68. The zero-order valence-corrected chi connectivity index (χ0v) is 13.5. The molecule has 124 valence electrons. The van der Waals surface area contributed by atoms with Gasteiger partial charge in [-0.1, -0.05) is 12.5 Å². The number of nitrogens with zero attached hydrogens (tertiary/aromatic N) is 1. The van der Waals surface area contributed by atoms with Crippen LogP contribution >= 0.6 is 12.4 Å². The molecule has 0 spiro atoms. The molecule has 22 heavy (non-hydrogen) atoms. The second kappa shape index (κ2) is 8.58. The highest BCUT2D eigenvalue weighted by Crippen LogP contribution is 2.32. The fraction of sp³-hybridized carbons (Fsp3) is 0.625. The van der Waals surface area contributed by atoms with Crippen LogP contribution in [-0.2, 0) is 11.3 Å². The molecule has 0 radical (unpaired) electrons. The summed E-state index contributed by atoms with van der Waals surface area (Å²) in [5.74, 6) is 1.55. The lowest BCUT2D eigenvalue weighted by Crippen LogP contribution is -2.38. The van der Waals surface area contributed by atoms with Gasteiger partial charge in [0.05, 0.1) is 19.3 Å². The Hall–Kier alpha value is -1.01. The summed E-state index contributed by atoms with van der Waals surface area (Å²) >= 11 is 0. The van der Waals surface area contributed by atoms with Crippen molar-refractivity contribution in [3.63, 3.8) is 0 Å². The fourth-order valence-corrected chi connectivity index (χ4v) is 2.84. The van der Waals surface area contributed by atoms with Crippen molar-refractivity contribution in [2.45, 2.75) is 32.0 Å². The standard InChI is InChI=1S/C16H23NO4.ClH/c18-14(9-17-6-2-1-3-7-17)11-19-10-13-4-5-15-16(8-13)21-12-20-15;/h4-5,8,14,18H,1-3,6-7,9-12H2;1H. The second-order valence-electron chi connectivity index (χ2n) is 5.72. The summed E-state index contributed by atoms with van der Waals surface area (Å²) < 4.78 is 16.2. The third-order valence-corrected chi connectivity index (χ3v) is 3.93. The number of halogens is 1. The quantitative estimate of drug-likeness (QED) is 0.867. The molecule has 6 heteroatoms. The maximum Gasteiger partial charge on any atom is 0.231 e. The zero-order valence-electron chi connectivity index (χ0n) is 12.7. The van der Waals surface area contributed by atoms with Crippen LogP contribution in [0.25, 0.3) is 0 Å². The van der Waals surface area contributed by atoms with E-state index in [2.05, 4.69) is 4.90 Å². The van der Waals surface area contributed by atoms with Crippen molar-refractivity contribution in [2.24, 2.45) is 0 Å². The zero-order chi connectivity index (χ0) is 14.5. The highest BCUT2D eigenvalue weighted by atomic mass is 35.5. The van der Waals surface area contributed by atoms with E-state index in [1.54, 1.807) is 0 Å². The topological polar surface area (TPSA) is 51.2 Å². The Bertz CT molecular complexity index is 465. The smallest absolute Gasteiger partial charge is 0.231 e. The van der Waals surface area contributed by atoms with Crippen LogP contribution in [0, 0.1) is 0 Å². The van der Waals surface area contributed by atoms with Crippen LogP contribution in [0.15, 0.2) is 18.2 Å². The minimum atomic E-state index is -0.419. The van der Waals surface area contributed by atoms with Crippen molar-refractivity contribution in [1.82, 2.24) is 4.90 Å². The monoisotopic (exact) mass is 329 g/mol. The Morgan fingerprint density at radius 3 is 2.73 bits per heavy atom. The highest BCUT2D eigenvalue weighted by Gasteiger charge is 2.15. The Balaban J connectivity index is 0.00000176. The second-order valence-corrected chi connectivity index (χ2v) is 5.72. The molecule has 1 unspecified atom stereocenters. The van der Waals surface area contributed by atoms with Crippen molar-refractivity contribution in [1.29, 1.82) is 0 Å². The maximum atomic E-state index is 10.0. The lowest BCUT2D eigenvalue weighted by Gasteiger charge is -2.28.